The minimum Gasteiger partial charge on any atom is -0.439 e. The van der Waals surface area contributed by atoms with Gasteiger partial charge in [0, 0.05) is 17.5 Å². The van der Waals surface area contributed by atoms with Gasteiger partial charge >= 0.3 is 0 Å². The predicted octanol–water partition coefficient (Wildman–Crippen LogP) is 4.77. The van der Waals surface area contributed by atoms with E-state index in [4.69, 9.17) is 33.4 Å². The monoisotopic (exact) mass is 320 g/mol. The van der Waals surface area contributed by atoms with Gasteiger partial charge in [0.1, 0.15) is 5.52 Å². The van der Waals surface area contributed by atoms with Crippen molar-refractivity contribution in [3.05, 3.63) is 64.0 Å². The van der Waals surface area contributed by atoms with E-state index in [1.165, 1.54) is 0 Å². The Morgan fingerprint density at radius 1 is 1.14 bits per heavy atom. The van der Waals surface area contributed by atoms with E-state index in [1.54, 1.807) is 12.1 Å². The van der Waals surface area contributed by atoms with Crippen LogP contribution in [0, 0.1) is 0 Å². The van der Waals surface area contributed by atoms with Crippen LogP contribution >= 0.6 is 23.2 Å². The molecular weight excluding hydrogens is 307 g/mol. The third-order valence-electron chi connectivity index (χ3n) is 3.35. The molecule has 0 aliphatic rings. The van der Waals surface area contributed by atoms with Crippen molar-refractivity contribution in [2.24, 2.45) is 5.73 Å². The molecule has 0 aliphatic carbocycles. The molecular formula is C16H14Cl2N2O. The first-order valence-electron chi connectivity index (χ1n) is 6.68. The standard InChI is InChI=1S/C16H14Cl2N2O/c17-11-8-12(18)16-14(9-11)20-15(21-16)7-6-13(19)10-4-2-1-3-5-10/h1-5,8-9,13H,6-7,19H2. The van der Waals surface area contributed by atoms with Gasteiger partial charge in [0.25, 0.3) is 0 Å². The lowest BCUT2D eigenvalue weighted by molar-refractivity contribution is 0.501. The molecule has 1 aromatic heterocycles. The van der Waals surface area contributed by atoms with Gasteiger partial charge in [0.05, 0.1) is 5.02 Å². The number of halogens is 2. The lowest BCUT2D eigenvalue weighted by Crippen LogP contribution is -2.11. The van der Waals surface area contributed by atoms with Crippen molar-refractivity contribution in [3.63, 3.8) is 0 Å². The highest BCUT2D eigenvalue weighted by Gasteiger charge is 2.12. The zero-order valence-electron chi connectivity index (χ0n) is 11.2. The molecule has 0 amide bonds. The van der Waals surface area contributed by atoms with Crippen LogP contribution in [0.25, 0.3) is 11.1 Å². The molecule has 3 aromatic rings. The summed E-state index contributed by atoms with van der Waals surface area (Å²) in [4.78, 5) is 4.41. The topological polar surface area (TPSA) is 52.0 Å². The number of aromatic nitrogens is 1. The second kappa shape index (κ2) is 6.06. The average molecular weight is 321 g/mol. The van der Waals surface area contributed by atoms with Crippen LogP contribution in [0.1, 0.15) is 23.9 Å². The highest BCUT2D eigenvalue weighted by Crippen LogP contribution is 2.29. The average Bonchev–Trinajstić information content (AvgIpc) is 2.89. The number of hydrogen-bond acceptors (Lipinski definition) is 3. The Kier molecular flexibility index (Phi) is 4.15. The summed E-state index contributed by atoms with van der Waals surface area (Å²) in [5.74, 6) is 0.626. The van der Waals surface area contributed by atoms with E-state index in [0.29, 0.717) is 33.5 Å². The number of oxazole rings is 1. The first-order chi connectivity index (χ1) is 10.1. The number of nitrogens with zero attached hydrogens (tertiary/aromatic N) is 1. The van der Waals surface area contributed by atoms with Gasteiger partial charge in [-0.25, -0.2) is 4.98 Å². The summed E-state index contributed by atoms with van der Waals surface area (Å²) in [6, 6.07) is 13.3. The van der Waals surface area contributed by atoms with Crippen molar-refractivity contribution in [3.8, 4) is 0 Å². The van der Waals surface area contributed by atoms with E-state index in [2.05, 4.69) is 4.98 Å². The minimum atomic E-state index is -0.0414. The maximum Gasteiger partial charge on any atom is 0.195 e. The van der Waals surface area contributed by atoms with Gasteiger partial charge in [-0.3, -0.25) is 0 Å². The number of fused-ring (bicyclic) bond motifs is 1. The van der Waals surface area contributed by atoms with Gasteiger partial charge in [-0.05, 0) is 24.1 Å². The fourth-order valence-corrected chi connectivity index (χ4v) is 2.78. The summed E-state index contributed by atoms with van der Waals surface area (Å²) >= 11 is 12.0. The van der Waals surface area contributed by atoms with Crippen LogP contribution in [0.2, 0.25) is 10.0 Å². The fourth-order valence-electron chi connectivity index (χ4n) is 2.26. The van der Waals surface area contributed by atoms with Gasteiger partial charge in [0.15, 0.2) is 11.5 Å². The van der Waals surface area contributed by atoms with E-state index in [-0.39, 0.29) is 6.04 Å². The molecule has 0 aliphatic heterocycles. The quantitative estimate of drug-likeness (QED) is 0.753. The molecule has 5 heteroatoms. The Hall–Kier alpha value is -1.55. The van der Waals surface area contributed by atoms with Gasteiger partial charge in [-0.2, -0.15) is 0 Å². The van der Waals surface area contributed by atoms with Crippen LogP contribution in [-0.2, 0) is 6.42 Å². The summed E-state index contributed by atoms with van der Waals surface area (Å²) < 4.78 is 5.68. The highest BCUT2D eigenvalue weighted by atomic mass is 35.5. The molecule has 1 atom stereocenters. The Labute approximate surface area is 132 Å². The minimum absolute atomic E-state index is 0.0414. The maximum absolute atomic E-state index is 6.17. The molecule has 0 radical (unpaired) electrons. The van der Waals surface area contributed by atoms with Crippen LogP contribution < -0.4 is 5.73 Å². The third-order valence-corrected chi connectivity index (χ3v) is 3.85. The molecule has 0 bridgehead atoms. The van der Waals surface area contributed by atoms with Crippen LogP contribution in [0.3, 0.4) is 0 Å². The first-order valence-corrected chi connectivity index (χ1v) is 7.44. The smallest absolute Gasteiger partial charge is 0.195 e. The van der Waals surface area contributed by atoms with Crippen LogP contribution in [0.5, 0.6) is 0 Å². The van der Waals surface area contributed by atoms with E-state index in [0.717, 1.165) is 12.0 Å². The Morgan fingerprint density at radius 2 is 1.90 bits per heavy atom. The van der Waals surface area contributed by atoms with Crippen molar-refractivity contribution in [1.82, 2.24) is 4.98 Å². The van der Waals surface area contributed by atoms with Crippen molar-refractivity contribution >= 4 is 34.3 Å². The molecule has 2 aromatic carbocycles. The van der Waals surface area contributed by atoms with E-state index < -0.39 is 0 Å². The normalized spacial score (nSPS) is 12.7. The summed E-state index contributed by atoms with van der Waals surface area (Å²) in [5, 5.41) is 1.02. The molecule has 1 heterocycles. The Bertz CT molecular complexity index is 756. The highest BCUT2D eigenvalue weighted by molar-refractivity contribution is 6.37. The number of aryl methyl sites for hydroxylation is 1. The molecule has 2 N–H and O–H groups in total. The fraction of sp³-hybridized carbons (Fsp3) is 0.188. The molecule has 1 unspecified atom stereocenters. The zero-order chi connectivity index (χ0) is 14.8. The third kappa shape index (κ3) is 3.21. The van der Waals surface area contributed by atoms with E-state index >= 15 is 0 Å². The van der Waals surface area contributed by atoms with Gasteiger partial charge in [-0.15, -0.1) is 0 Å². The summed E-state index contributed by atoms with van der Waals surface area (Å²) in [5.41, 5.74) is 8.53. The second-order valence-corrected chi connectivity index (χ2v) is 5.74. The number of benzene rings is 2. The SMILES string of the molecule is NC(CCc1nc2cc(Cl)cc(Cl)c2o1)c1ccccc1. The zero-order valence-corrected chi connectivity index (χ0v) is 12.7. The van der Waals surface area contributed by atoms with Crippen molar-refractivity contribution in [1.29, 1.82) is 0 Å². The van der Waals surface area contributed by atoms with Gasteiger partial charge in [0.2, 0.25) is 0 Å². The predicted molar refractivity (Wildman–Crippen MR) is 85.7 cm³/mol. The second-order valence-electron chi connectivity index (χ2n) is 4.90. The van der Waals surface area contributed by atoms with Crippen LogP contribution in [0.4, 0.5) is 0 Å². The Morgan fingerprint density at radius 3 is 2.67 bits per heavy atom. The van der Waals surface area contributed by atoms with E-state index in [1.807, 2.05) is 30.3 Å². The van der Waals surface area contributed by atoms with Crippen molar-refractivity contribution < 1.29 is 4.42 Å². The van der Waals surface area contributed by atoms with Crippen molar-refractivity contribution in [2.75, 3.05) is 0 Å². The van der Waals surface area contributed by atoms with Gasteiger partial charge < -0.3 is 10.2 Å². The molecule has 0 spiro atoms. The molecule has 0 fully saturated rings. The van der Waals surface area contributed by atoms with Gasteiger partial charge in [-0.1, -0.05) is 53.5 Å². The van der Waals surface area contributed by atoms with Crippen LogP contribution in [-0.4, -0.2) is 4.98 Å². The molecule has 3 nitrogen and oxygen atoms in total. The van der Waals surface area contributed by atoms with Crippen LogP contribution in [0.15, 0.2) is 46.9 Å². The lowest BCUT2D eigenvalue weighted by atomic mass is 10.0. The number of hydrogen-bond donors (Lipinski definition) is 1. The van der Waals surface area contributed by atoms with E-state index in [9.17, 15) is 0 Å². The first kappa shape index (κ1) is 14.4. The maximum atomic E-state index is 6.17. The number of nitrogens with two attached hydrogens (primary N) is 1. The molecule has 108 valence electrons. The summed E-state index contributed by atoms with van der Waals surface area (Å²) in [7, 11) is 0. The largest absolute Gasteiger partial charge is 0.439 e. The lowest BCUT2D eigenvalue weighted by Gasteiger charge is -2.10. The molecule has 0 saturated carbocycles. The molecule has 21 heavy (non-hydrogen) atoms. The molecule has 3 rings (SSSR count). The van der Waals surface area contributed by atoms with Crippen molar-refractivity contribution in [2.45, 2.75) is 18.9 Å². The number of rotatable bonds is 4. The Balaban J connectivity index is 1.75. The molecule has 0 saturated heterocycles. The summed E-state index contributed by atoms with van der Waals surface area (Å²) in [6.45, 7) is 0. The summed E-state index contributed by atoms with van der Waals surface area (Å²) in [6.07, 6.45) is 1.40.